The first-order valence-electron chi connectivity index (χ1n) is 10.1. The van der Waals surface area contributed by atoms with Crippen LogP contribution in [0.3, 0.4) is 0 Å². The average molecular weight is 442 g/mol. The maximum absolute atomic E-state index is 12.9. The van der Waals surface area contributed by atoms with Crippen LogP contribution < -0.4 is 15.5 Å². The van der Waals surface area contributed by atoms with Gasteiger partial charge in [0.2, 0.25) is 5.91 Å². The highest BCUT2D eigenvalue weighted by Crippen LogP contribution is 2.30. The van der Waals surface area contributed by atoms with Gasteiger partial charge in [0.25, 0.3) is 5.91 Å². The quantitative estimate of drug-likeness (QED) is 0.719. The molecular weight excluding hydrogens is 418 g/mol. The van der Waals surface area contributed by atoms with Gasteiger partial charge in [-0.2, -0.15) is 5.10 Å². The Balaban J connectivity index is 1.37. The zero-order valence-corrected chi connectivity index (χ0v) is 18.1. The Hall–Kier alpha value is -3.10. The van der Waals surface area contributed by atoms with Gasteiger partial charge >= 0.3 is 0 Å². The lowest BCUT2D eigenvalue weighted by Gasteiger charge is -2.29. The second-order valence-corrected chi connectivity index (χ2v) is 7.87. The first-order valence-corrected chi connectivity index (χ1v) is 10.5. The fourth-order valence-electron chi connectivity index (χ4n) is 3.74. The van der Waals surface area contributed by atoms with E-state index in [2.05, 4.69) is 47.0 Å². The van der Waals surface area contributed by atoms with Crippen LogP contribution in [0, 0.1) is 0 Å². The third kappa shape index (κ3) is 4.50. The number of carbonyl (C=O) groups excluding carboxylic acids is 2. The second-order valence-electron chi connectivity index (χ2n) is 7.46. The van der Waals surface area contributed by atoms with E-state index in [1.54, 1.807) is 29.5 Å². The van der Waals surface area contributed by atoms with Crippen molar-refractivity contribution in [3.05, 3.63) is 58.6 Å². The highest BCUT2D eigenvalue weighted by atomic mass is 35.5. The summed E-state index contributed by atoms with van der Waals surface area (Å²) in [7, 11) is 1.52. The molecule has 2 atom stereocenters. The van der Waals surface area contributed by atoms with Crippen molar-refractivity contribution >= 4 is 35.4 Å². The van der Waals surface area contributed by atoms with E-state index in [1.165, 1.54) is 17.7 Å². The van der Waals surface area contributed by atoms with Crippen LogP contribution in [0.1, 0.15) is 30.5 Å². The number of nitrogens with one attached hydrogen (secondary N) is 2. The van der Waals surface area contributed by atoms with Crippen molar-refractivity contribution in [3.8, 4) is 5.75 Å². The van der Waals surface area contributed by atoms with Crippen molar-refractivity contribution in [2.45, 2.75) is 31.8 Å². The Kier molecular flexibility index (Phi) is 6.11. The summed E-state index contributed by atoms with van der Waals surface area (Å²) in [6, 6.07) is 12.9. The van der Waals surface area contributed by atoms with E-state index in [0.29, 0.717) is 22.9 Å². The summed E-state index contributed by atoms with van der Waals surface area (Å²) in [5.41, 5.74) is 6.22. The fourth-order valence-corrected chi connectivity index (χ4v) is 3.99. The van der Waals surface area contributed by atoms with E-state index in [1.807, 2.05) is 0 Å². The Labute approximate surface area is 185 Å². The van der Waals surface area contributed by atoms with Crippen molar-refractivity contribution in [2.75, 3.05) is 19.0 Å². The molecule has 8 nitrogen and oxygen atoms in total. The summed E-state index contributed by atoms with van der Waals surface area (Å²) in [6.45, 7) is 1.94. The topological polar surface area (TPSA) is 86.3 Å². The SMILES string of the molecule is CCc1ccc(C2CC3C(=O)N(CC(=O)Nc4ccc(OC)c(Cl)c4)N=CN3N2)cc1. The molecule has 4 rings (SSSR count). The van der Waals surface area contributed by atoms with Gasteiger partial charge < -0.3 is 10.1 Å². The largest absolute Gasteiger partial charge is 0.495 e. The molecule has 2 N–H and O–H groups in total. The zero-order chi connectivity index (χ0) is 22.0. The summed E-state index contributed by atoms with van der Waals surface area (Å²) in [5, 5.41) is 10.2. The number of fused-ring (bicyclic) bond motifs is 1. The fraction of sp³-hybridized carbons (Fsp3) is 0.318. The molecule has 0 radical (unpaired) electrons. The Bertz CT molecular complexity index is 1010. The maximum Gasteiger partial charge on any atom is 0.267 e. The molecule has 162 valence electrons. The summed E-state index contributed by atoms with van der Waals surface area (Å²) >= 11 is 6.09. The molecular formula is C22H24ClN5O3. The number of ether oxygens (including phenoxy) is 1. The molecule has 0 aliphatic carbocycles. The normalized spacial score (nSPS) is 20.0. The third-order valence-electron chi connectivity index (χ3n) is 5.47. The molecule has 2 aromatic rings. The minimum atomic E-state index is -0.406. The number of methoxy groups -OCH3 is 1. The number of hydrazone groups is 1. The highest BCUT2D eigenvalue weighted by Gasteiger charge is 2.41. The van der Waals surface area contributed by atoms with Crippen LogP contribution in [0.5, 0.6) is 5.75 Å². The van der Waals surface area contributed by atoms with Gasteiger partial charge in [-0.15, -0.1) is 0 Å². The van der Waals surface area contributed by atoms with Crippen LogP contribution in [0.4, 0.5) is 5.69 Å². The van der Waals surface area contributed by atoms with Gasteiger partial charge in [0.05, 0.1) is 18.2 Å². The number of hydrogen-bond acceptors (Lipinski definition) is 6. The molecule has 1 fully saturated rings. The van der Waals surface area contributed by atoms with Gasteiger partial charge in [0.15, 0.2) is 0 Å². The van der Waals surface area contributed by atoms with Crippen LogP contribution in [0.15, 0.2) is 47.6 Å². The summed E-state index contributed by atoms with van der Waals surface area (Å²) in [5.74, 6) is -0.0633. The van der Waals surface area contributed by atoms with Crippen LogP contribution >= 0.6 is 11.6 Å². The number of anilines is 1. The number of hydrogen-bond donors (Lipinski definition) is 2. The van der Waals surface area contributed by atoms with Crippen molar-refractivity contribution in [3.63, 3.8) is 0 Å². The number of carbonyl (C=O) groups is 2. The van der Waals surface area contributed by atoms with Crippen molar-refractivity contribution in [1.29, 1.82) is 0 Å². The predicted molar refractivity (Wildman–Crippen MR) is 119 cm³/mol. The first-order chi connectivity index (χ1) is 15.0. The van der Waals surface area contributed by atoms with Gasteiger partial charge in [-0.3, -0.25) is 14.6 Å². The Morgan fingerprint density at radius 1 is 1.29 bits per heavy atom. The number of hydrazine groups is 1. The lowest BCUT2D eigenvalue weighted by Crippen LogP contribution is -2.52. The predicted octanol–water partition coefficient (Wildman–Crippen LogP) is 2.96. The third-order valence-corrected chi connectivity index (χ3v) is 5.77. The molecule has 2 aliphatic rings. The summed E-state index contributed by atoms with van der Waals surface area (Å²) in [6.07, 6.45) is 3.14. The van der Waals surface area contributed by atoms with E-state index < -0.39 is 6.04 Å². The molecule has 0 saturated carbocycles. The molecule has 9 heteroatoms. The minimum Gasteiger partial charge on any atom is -0.495 e. The zero-order valence-electron chi connectivity index (χ0n) is 17.3. The van der Waals surface area contributed by atoms with Gasteiger partial charge in [-0.05, 0) is 42.2 Å². The van der Waals surface area contributed by atoms with Crippen LogP contribution in [-0.4, -0.2) is 47.9 Å². The molecule has 2 amide bonds. The summed E-state index contributed by atoms with van der Waals surface area (Å²) in [4.78, 5) is 25.4. The second kappa shape index (κ2) is 8.95. The van der Waals surface area contributed by atoms with Crippen molar-refractivity contribution in [2.24, 2.45) is 5.10 Å². The van der Waals surface area contributed by atoms with Gasteiger partial charge in [-0.1, -0.05) is 42.8 Å². The van der Waals surface area contributed by atoms with E-state index in [0.717, 1.165) is 12.0 Å². The van der Waals surface area contributed by atoms with Gasteiger partial charge in [0.1, 0.15) is 24.7 Å². The molecule has 0 spiro atoms. The Morgan fingerprint density at radius 3 is 2.74 bits per heavy atom. The van der Waals surface area contributed by atoms with E-state index in [9.17, 15) is 9.59 Å². The molecule has 2 heterocycles. The molecule has 0 aromatic heterocycles. The average Bonchev–Trinajstić information content (AvgIpc) is 3.21. The van der Waals surface area contributed by atoms with Crippen LogP contribution in [0.2, 0.25) is 5.02 Å². The minimum absolute atomic E-state index is 0.0153. The number of benzene rings is 2. The first kappa shape index (κ1) is 21.1. The highest BCUT2D eigenvalue weighted by molar-refractivity contribution is 6.32. The molecule has 31 heavy (non-hydrogen) atoms. The number of halogens is 1. The van der Waals surface area contributed by atoms with E-state index in [4.69, 9.17) is 16.3 Å². The number of nitrogens with zero attached hydrogens (tertiary/aromatic N) is 3. The van der Waals surface area contributed by atoms with Crippen LogP contribution in [0.25, 0.3) is 0 Å². The molecule has 1 saturated heterocycles. The molecule has 2 aromatic carbocycles. The maximum atomic E-state index is 12.9. The monoisotopic (exact) mass is 441 g/mol. The number of aryl methyl sites for hydroxylation is 1. The van der Waals surface area contributed by atoms with E-state index >= 15 is 0 Å². The standard InChI is InChI=1S/C22H24ClN5O3/c1-3-14-4-6-15(7-5-14)18-11-19-22(30)27(24-13-28(19)26-18)12-21(29)25-16-8-9-20(31-2)17(23)10-16/h4-10,13,18-19,26H,3,11-12H2,1-2H3,(H,25,29). The van der Waals surface area contributed by atoms with Gasteiger partial charge in [-0.25, -0.2) is 10.4 Å². The number of rotatable bonds is 6. The van der Waals surface area contributed by atoms with Crippen molar-refractivity contribution in [1.82, 2.24) is 15.4 Å². The molecule has 0 bridgehead atoms. The molecule has 2 aliphatic heterocycles. The van der Waals surface area contributed by atoms with Gasteiger partial charge in [0, 0.05) is 5.69 Å². The lowest BCUT2D eigenvalue weighted by molar-refractivity contribution is -0.139. The summed E-state index contributed by atoms with van der Waals surface area (Å²) < 4.78 is 5.11. The number of amides is 2. The van der Waals surface area contributed by atoms with Crippen molar-refractivity contribution < 1.29 is 14.3 Å². The lowest BCUT2D eigenvalue weighted by atomic mass is 9.99. The smallest absolute Gasteiger partial charge is 0.267 e. The van der Waals surface area contributed by atoms with E-state index in [-0.39, 0.29) is 24.4 Å². The Morgan fingerprint density at radius 2 is 2.06 bits per heavy atom. The molecule has 2 unspecified atom stereocenters. The van der Waals surface area contributed by atoms with Crippen LogP contribution in [-0.2, 0) is 16.0 Å².